The lowest BCUT2D eigenvalue weighted by molar-refractivity contribution is 0.742. The number of aromatic nitrogens is 2. The summed E-state index contributed by atoms with van der Waals surface area (Å²) in [7, 11) is 0. The van der Waals surface area contributed by atoms with Gasteiger partial charge in [0.2, 0.25) is 0 Å². The third-order valence-corrected chi connectivity index (χ3v) is 1.62. The molecular formula is C9H14N3. The van der Waals surface area contributed by atoms with Gasteiger partial charge in [0, 0.05) is 12.7 Å². The summed E-state index contributed by atoms with van der Waals surface area (Å²) >= 11 is 0. The van der Waals surface area contributed by atoms with Crippen molar-refractivity contribution in [3.63, 3.8) is 0 Å². The fraction of sp³-hybridized carbons (Fsp3) is 0.556. The largest absolute Gasteiger partial charge is 0.370 e. The maximum Gasteiger partial charge on any atom is 0.199 e. The van der Waals surface area contributed by atoms with Crippen LogP contribution in [0.4, 0.5) is 5.82 Å². The summed E-state index contributed by atoms with van der Waals surface area (Å²) in [5, 5.41) is 3.20. The van der Waals surface area contributed by atoms with Crippen LogP contribution < -0.4 is 5.32 Å². The molecule has 0 atom stereocenters. The van der Waals surface area contributed by atoms with Crippen molar-refractivity contribution in [1.29, 1.82) is 0 Å². The van der Waals surface area contributed by atoms with Crippen molar-refractivity contribution in [2.24, 2.45) is 0 Å². The van der Waals surface area contributed by atoms with Crippen LogP contribution >= 0.6 is 0 Å². The quantitative estimate of drug-likeness (QED) is 0.675. The highest BCUT2D eigenvalue weighted by atomic mass is 15.0. The molecule has 1 heterocycles. The van der Waals surface area contributed by atoms with Crippen LogP contribution in [0.5, 0.6) is 0 Å². The van der Waals surface area contributed by atoms with Crippen LogP contribution in [-0.2, 0) is 0 Å². The van der Waals surface area contributed by atoms with E-state index in [1.54, 1.807) is 6.20 Å². The third kappa shape index (κ3) is 3.32. The molecule has 1 N–H and O–H groups in total. The lowest BCUT2D eigenvalue weighted by Crippen LogP contribution is -2.02. The monoisotopic (exact) mass is 164 g/mol. The third-order valence-electron chi connectivity index (χ3n) is 1.62. The van der Waals surface area contributed by atoms with Gasteiger partial charge in [0.25, 0.3) is 0 Å². The molecule has 12 heavy (non-hydrogen) atoms. The summed E-state index contributed by atoms with van der Waals surface area (Å²) < 4.78 is 0. The lowest BCUT2D eigenvalue weighted by atomic mass is 10.2. The minimum absolute atomic E-state index is 0.862. The van der Waals surface area contributed by atoms with Crippen LogP contribution in [0.2, 0.25) is 0 Å². The SMILES string of the molecule is CCCCCNc1ccn[c]n1. The predicted molar refractivity (Wildman–Crippen MR) is 48.9 cm³/mol. The first-order valence-corrected chi connectivity index (χ1v) is 4.36. The molecule has 1 aromatic heterocycles. The van der Waals surface area contributed by atoms with Crippen molar-refractivity contribution in [3.05, 3.63) is 18.6 Å². The van der Waals surface area contributed by atoms with Gasteiger partial charge in [-0.25, -0.2) is 9.97 Å². The van der Waals surface area contributed by atoms with Gasteiger partial charge in [0.15, 0.2) is 6.33 Å². The molecule has 65 valence electrons. The number of nitrogens with zero attached hydrogens (tertiary/aromatic N) is 2. The van der Waals surface area contributed by atoms with Crippen LogP contribution in [0.25, 0.3) is 0 Å². The second-order valence-corrected chi connectivity index (χ2v) is 2.68. The molecule has 1 aromatic rings. The summed E-state index contributed by atoms with van der Waals surface area (Å²) in [6, 6.07) is 1.85. The maximum atomic E-state index is 3.93. The number of rotatable bonds is 5. The molecule has 0 aliphatic heterocycles. The molecule has 0 bridgehead atoms. The summed E-state index contributed by atoms with van der Waals surface area (Å²) in [5.41, 5.74) is 0. The van der Waals surface area contributed by atoms with Gasteiger partial charge >= 0.3 is 0 Å². The van der Waals surface area contributed by atoms with Crippen molar-refractivity contribution in [2.45, 2.75) is 26.2 Å². The number of anilines is 1. The fourth-order valence-corrected chi connectivity index (χ4v) is 0.951. The zero-order chi connectivity index (χ0) is 8.65. The molecule has 1 radical (unpaired) electrons. The first-order valence-electron chi connectivity index (χ1n) is 4.36. The average Bonchev–Trinajstić information content (AvgIpc) is 2.14. The Balaban J connectivity index is 2.16. The molecule has 0 saturated heterocycles. The van der Waals surface area contributed by atoms with E-state index in [9.17, 15) is 0 Å². The zero-order valence-electron chi connectivity index (χ0n) is 7.38. The summed E-state index contributed by atoms with van der Waals surface area (Å²) in [6.45, 7) is 3.18. The Morgan fingerprint density at radius 2 is 2.42 bits per heavy atom. The van der Waals surface area contributed by atoms with E-state index in [0.717, 1.165) is 12.4 Å². The van der Waals surface area contributed by atoms with Crippen molar-refractivity contribution >= 4 is 5.82 Å². The fourth-order valence-electron chi connectivity index (χ4n) is 0.951. The number of hydrogen-bond acceptors (Lipinski definition) is 3. The van der Waals surface area contributed by atoms with E-state index in [1.165, 1.54) is 19.3 Å². The van der Waals surface area contributed by atoms with E-state index >= 15 is 0 Å². The minimum atomic E-state index is 0.862. The molecule has 0 aromatic carbocycles. The summed E-state index contributed by atoms with van der Waals surface area (Å²) in [4.78, 5) is 7.64. The molecule has 0 unspecified atom stereocenters. The van der Waals surface area contributed by atoms with E-state index in [0.29, 0.717) is 0 Å². The lowest BCUT2D eigenvalue weighted by Gasteiger charge is -2.02. The molecule has 0 saturated carbocycles. The number of hydrogen-bond donors (Lipinski definition) is 1. The second kappa shape index (κ2) is 5.52. The van der Waals surface area contributed by atoms with Gasteiger partial charge in [0.05, 0.1) is 0 Å². The normalized spacial score (nSPS) is 9.75. The van der Waals surface area contributed by atoms with Gasteiger partial charge in [-0.3, -0.25) is 0 Å². The van der Waals surface area contributed by atoms with Gasteiger partial charge in [-0.15, -0.1) is 0 Å². The highest BCUT2D eigenvalue weighted by molar-refractivity contribution is 5.30. The Labute approximate surface area is 73.2 Å². The predicted octanol–water partition coefficient (Wildman–Crippen LogP) is 1.88. The number of unbranched alkanes of at least 4 members (excludes halogenated alkanes) is 2. The summed E-state index contributed by atoms with van der Waals surface area (Å²) in [6.07, 6.45) is 7.94. The van der Waals surface area contributed by atoms with Crippen LogP contribution in [0, 0.1) is 6.33 Å². The Bertz CT molecular complexity index is 198. The molecule has 3 heteroatoms. The summed E-state index contributed by atoms with van der Waals surface area (Å²) in [5.74, 6) is 0.862. The topological polar surface area (TPSA) is 37.8 Å². The van der Waals surface area contributed by atoms with Crippen molar-refractivity contribution in [3.8, 4) is 0 Å². The van der Waals surface area contributed by atoms with Gasteiger partial charge in [-0.2, -0.15) is 0 Å². The van der Waals surface area contributed by atoms with Gasteiger partial charge in [-0.1, -0.05) is 19.8 Å². The van der Waals surface area contributed by atoms with Crippen LogP contribution in [0.1, 0.15) is 26.2 Å². The Morgan fingerprint density at radius 1 is 1.50 bits per heavy atom. The van der Waals surface area contributed by atoms with E-state index < -0.39 is 0 Å². The van der Waals surface area contributed by atoms with Crippen molar-refractivity contribution < 1.29 is 0 Å². The van der Waals surface area contributed by atoms with Crippen LogP contribution in [0.3, 0.4) is 0 Å². The molecule has 1 rings (SSSR count). The van der Waals surface area contributed by atoms with Gasteiger partial charge in [0.1, 0.15) is 5.82 Å². The highest BCUT2D eigenvalue weighted by Gasteiger charge is 1.90. The van der Waals surface area contributed by atoms with Gasteiger partial charge in [-0.05, 0) is 12.5 Å². The second-order valence-electron chi connectivity index (χ2n) is 2.68. The standard InChI is InChI=1S/C9H14N3/c1-2-3-4-6-11-9-5-7-10-8-12-9/h5,7H,2-4,6H2,1H3,(H,10,11,12). The van der Waals surface area contributed by atoms with Crippen molar-refractivity contribution in [1.82, 2.24) is 9.97 Å². The molecule has 3 nitrogen and oxygen atoms in total. The van der Waals surface area contributed by atoms with E-state index in [1.807, 2.05) is 6.07 Å². The Hall–Kier alpha value is -1.12. The Kier molecular flexibility index (Phi) is 4.13. The Morgan fingerprint density at radius 3 is 3.08 bits per heavy atom. The number of nitrogens with one attached hydrogen (secondary N) is 1. The van der Waals surface area contributed by atoms with E-state index in [-0.39, 0.29) is 0 Å². The molecule has 0 spiro atoms. The van der Waals surface area contributed by atoms with E-state index in [2.05, 4.69) is 28.5 Å². The molecular weight excluding hydrogens is 150 g/mol. The molecule has 0 fully saturated rings. The van der Waals surface area contributed by atoms with E-state index in [4.69, 9.17) is 0 Å². The first kappa shape index (κ1) is 8.97. The molecule has 0 aliphatic carbocycles. The smallest absolute Gasteiger partial charge is 0.199 e. The highest BCUT2D eigenvalue weighted by Crippen LogP contribution is 1.99. The van der Waals surface area contributed by atoms with Crippen LogP contribution in [0.15, 0.2) is 12.3 Å². The van der Waals surface area contributed by atoms with Crippen molar-refractivity contribution in [2.75, 3.05) is 11.9 Å². The van der Waals surface area contributed by atoms with Crippen LogP contribution in [-0.4, -0.2) is 16.5 Å². The average molecular weight is 164 g/mol. The molecule has 0 aliphatic rings. The zero-order valence-corrected chi connectivity index (χ0v) is 7.38. The maximum absolute atomic E-state index is 3.93. The minimum Gasteiger partial charge on any atom is -0.370 e. The van der Waals surface area contributed by atoms with Gasteiger partial charge < -0.3 is 5.32 Å². The first-order chi connectivity index (χ1) is 5.93. The molecule has 0 amide bonds.